The minimum absolute atomic E-state index is 0.000789. The van der Waals surface area contributed by atoms with Crippen LogP contribution in [0.5, 0.6) is 0 Å². The molecule has 4 rings (SSSR count). The molecule has 0 spiro atoms. The van der Waals surface area contributed by atoms with Gasteiger partial charge in [-0.3, -0.25) is 4.79 Å². The van der Waals surface area contributed by atoms with Crippen molar-refractivity contribution < 1.29 is 26.7 Å². The average molecular weight is 586 g/mol. The van der Waals surface area contributed by atoms with E-state index in [2.05, 4.69) is 47.6 Å². The summed E-state index contributed by atoms with van der Waals surface area (Å²) in [5.74, 6) is -2.90. The van der Waals surface area contributed by atoms with E-state index in [9.17, 15) is 26.7 Å². The summed E-state index contributed by atoms with van der Waals surface area (Å²) in [5, 5.41) is 10.8. The molecule has 0 bridgehead atoms. The number of thiophene rings is 1. The molecule has 3 aromatic rings. The van der Waals surface area contributed by atoms with Crippen LogP contribution in [0.25, 0.3) is 0 Å². The molecule has 2 N–H and O–H groups in total. The Kier molecular flexibility index (Phi) is 5.85. The number of hydrogen-bond donors (Lipinski definition) is 2. The van der Waals surface area contributed by atoms with Gasteiger partial charge in [-0.05, 0) is 49.4 Å². The molecule has 13 heteroatoms. The van der Waals surface area contributed by atoms with E-state index in [1.54, 1.807) is 17.5 Å². The minimum Gasteiger partial charge on any atom is -0.362 e. The lowest BCUT2D eigenvalue weighted by Gasteiger charge is -2.33. The van der Waals surface area contributed by atoms with Crippen molar-refractivity contribution in [1.29, 1.82) is 0 Å². The maximum absolute atomic E-state index is 14.1. The van der Waals surface area contributed by atoms with Gasteiger partial charge in [-0.1, -0.05) is 6.07 Å². The van der Waals surface area contributed by atoms with Crippen molar-refractivity contribution in [3.63, 3.8) is 0 Å². The molecule has 3 heterocycles. The van der Waals surface area contributed by atoms with E-state index in [0.29, 0.717) is 15.6 Å². The molecule has 2 aromatic heterocycles. The molecule has 5 nitrogen and oxygen atoms in total. The third kappa shape index (κ3) is 4.22. The van der Waals surface area contributed by atoms with E-state index in [-0.39, 0.29) is 32.6 Å². The van der Waals surface area contributed by atoms with E-state index >= 15 is 0 Å². The number of carbonyl (C=O) groups is 1. The lowest BCUT2D eigenvalue weighted by Crippen LogP contribution is -2.35. The smallest absolute Gasteiger partial charge is 0.362 e. The summed E-state index contributed by atoms with van der Waals surface area (Å²) in [7, 11) is 0. The highest BCUT2D eigenvalue weighted by atomic mass is 79.9. The second-order valence-electron chi connectivity index (χ2n) is 6.66. The van der Waals surface area contributed by atoms with Crippen molar-refractivity contribution >= 4 is 60.6 Å². The average Bonchev–Trinajstić information content (AvgIpc) is 3.31. The number of anilines is 2. The Balaban J connectivity index is 1.72. The molecule has 0 unspecified atom stereocenters. The number of nitrogens with zero attached hydrogens (tertiary/aromatic N) is 2. The molecule has 0 saturated carbocycles. The fourth-order valence-corrected chi connectivity index (χ4v) is 5.10. The largest absolute Gasteiger partial charge is 0.410 e. The van der Waals surface area contributed by atoms with E-state index in [1.165, 1.54) is 11.3 Å². The Labute approximate surface area is 192 Å². The highest BCUT2D eigenvalue weighted by Gasteiger charge is 2.48. The number of carbonyl (C=O) groups excluding carboxylic acids is 1. The summed E-state index contributed by atoms with van der Waals surface area (Å²) in [6.07, 6.45) is -4.93. The fourth-order valence-electron chi connectivity index (χ4n) is 3.25. The number of hydrogen-bond acceptors (Lipinski definition) is 4. The maximum atomic E-state index is 14.1. The Morgan fingerprint density at radius 1 is 1.29 bits per heavy atom. The zero-order valence-electron chi connectivity index (χ0n) is 15.1. The summed E-state index contributed by atoms with van der Waals surface area (Å²) in [6.45, 7) is 0. The predicted molar refractivity (Wildman–Crippen MR) is 112 cm³/mol. The van der Waals surface area contributed by atoms with Crippen LogP contribution in [0.1, 0.15) is 33.9 Å². The molecule has 0 fully saturated rings. The van der Waals surface area contributed by atoms with E-state index in [4.69, 9.17) is 0 Å². The first kappa shape index (κ1) is 22.2. The van der Waals surface area contributed by atoms with Crippen molar-refractivity contribution in [2.75, 3.05) is 10.6 Å². The number of aromatic nitrogens is 2. The van der Waals surface area contributed by atoms with Gasteiger partial charge in [0.05, 0.1) is 16.2 Å². The number of rotatable bonds is 3. The van der Waals surface area contributed by atoms with Crippen LogP contribution in [0, 0.1) is 11.6 Å². The van der Waals surface area contributed by atoms with E-state index in [0.717, 1.165) is 6.07 Å². The second kappa shape index (κ2) is 8.17. The molecule has 0 radical (unpaired) electrons. The van der Waals surface area contributed by atoms with Gasteiger partial charge >= 0.3 is 6.18 Å². The predicted octanol–water partition coefficient (Wildman–Crippen LogP) is 6.66. The Morgan fingerprint density at radius 3 is 2.65 bits per heavy atom. The van der Waals surface area contributed by atoms with Crippen molar-refractivity contribution in [2.24, 2.45) is 0 Å². The van der Waals surface area contributed by atoms with E-state index in [1.807, 2.05) is 0 Å². The summed E-state index contributed by atoms with van der Waals surface area (Å²) >= 11 is 7.41. The molecule has 164 valence electrons. The standard InChI is InChI=1S/C18H11Br2F5N4OS/c19-8-4-7(21)5-9(22)14(8)27-17(30)15-13(20)16-26-10(11-2-1-3-31-11)6-12(18(23,24)25)29(16)28-15/h1-5,10,12,26H,6H2,(H,27,30)/t10-,12+/m0/s1. The van der Waals surface area contributed by atoms with Crippen LogP contribution >= 0.6 is 43.2 Å². The lowest BCUT2D eigenvalue weighted by atomic mass is 10.0. The van der Waals surface area contributed by atoms with Gasteiger partial charge in [0, 0.05) is 21.8 Å². The molecular formula is C18H11Br2F5N4OS. The van der Waals surface area contributed by atoms with Gasteiger partial charge in [-0.2, -0.15) is 18.3 Å². The maximum Gasteiger partial charge on any atom is 0.410 e. The van der Waals surface area contributed by atoms with Gasteiger partial charge in [-0.25, -0.2) is 13.5 Å². The minimum atomic E-state index is -4.61. The molecule has 1 aromatic carbocycles. The van der Waals surface area contributed by atoms with Gasteiger partial charge in [0.15, 0.2) is 17.6 Å². The third-order valence-electron chi connectivity index (χ3n) is 4.64. The number of fused-ring (bicyclic) bond motifs is 1. The summed E-state index contributed by atoms with van der Waals surface area (Å²) < 4.78 is 69.3. The number of amides is 1. The topological polar surface area (TPSA) is 59.0 Å². The number of benzene rings is 1. The molecule has 1 aliphatic rings. The summed E-state index contributed by atoms with van der Waals surface area (Å²) in [4.78, 5) is 13.4. The van der Waals surface area contributed by atoms with Crippen LogP contribution in [0.3, 0.4) is 0 Å². The number of nitrogens with one attached hydrogen (secondary N) is 2. The molecule has 0 aliphatic carbocycles. The first-order chi connectivity index (χ1) is 14.6. The molecule has 0 saturated heterocycles. The number of alkyl halides is 3. The zero-order valence-corrected chi connectivity index (χ0v) is 19.1. The highest BCUT2D eigenvalue weighted by molar-refractivity contribution is 9.11. The van der Waals surface area contributed by atoms with Crippen LogP contribution in [0.4, 0.5) is 33.5 Å². The molecule has 1 aliphatic heterocycles. The third-order valence-corrected chi connectivity index (χ3v) is 7.01. The summed E-state index contributed by atoms with van der Waals surface area (Å²) in [6, 6.07) is 2.37. The van der Waals surface area contributed by atoms with Gasteiger partial charge in [0.2, 0.25) is 0 Å². The second-order valence-corrected chi connectivity index (χ2v) is 9.29. The fraction of sp³-hybridized carbons (Fsp3) is 0.222. The normalized spacial score (nSPS) is 18.4. The Bertz CT molecular complexity index is 1130. The van der Waals surface area contributed by atoms with E-state index < -0.39 is 35.8 Å². The lowest BCUT2D eigenvalue weighted by molar-refractivity contribution is -0.173. The van der Waals surface area contributed by atoms with Crippen LogP contribution < -0.4 is 10.6 Å². The van der Waals surface area contributed by atoms with Gasteiger partial charge in [-0.15, -0.1) is 11.3 Å². The van der Waals surface area contributed by atoms with Crippen molar-refractivity contribution in [1.82, 2.24) is 9.78 Å². The van der Waals surface area contributed by atoms with Gasteiger partial charge in [0.1, 0.15) is 11.6 Å². The first-order valence-electron chi connectivity index (χ1n) is 8.66. The van der Waals surface area contributed by atoms with Crippen LogP contribution in [0.2, 0.25) is 0 Å². The molecular weight excluding hydrogens is 575 g/mol. The van der Waals surface area contributed by atoms with Crippen molar-refractivity contribution in [2.45, 2.75) is 24.7 Å². The Hall–Kier alpha value is -1.99. The molecule has 31 heavy (non-hydrogen) atoms. The van der Waals surface area contributed by atoms with Gasteiger partial charge < -0.3 is 10.6 Å². The van der Waals surface area contributed by atoms with Crippen LogP contribution in [0.15, 0.2) is 38.6 Å². The van der Waals surface area contributed by atoms with Crippen LogP contribution in [-0.4, -0.2) is 21.9 Å². The molecule has 2 atom stereocenters. The first-order valence-corrected chi connectivity index (χ1v) is 11.1. The summed E-state index contributed by atoms with van der Waals surface area (Å²) in [5.41, 5.74) is -0.736. The molecule has 1 amide bonds. The monoisotopic (exact) mass is 584 g/mol. The Morgan fingerprint density at radius 2 is 2.03 bits per heavy atom. The zero-order chi connectivity index (χ0) is 22.5. The quantitative estimate of drug-likeness (QED) is 0.338. The van der Waals surface area contributed by atoms with Crippen molar-refractivity contribution in [3.05, 3.63) is 60.8 Å². The SMILES string of the molecule is O=C(Nc1c(F)cc(F)cc1Br)c1nn2c(c1Br)N[C@H](c1cccs1)C[C@@H]2C(F)(F)F. The highest BCUT2D eigenvalue weighted by Crippen LogP contribution is 2.47. The van der Waals surface area contributed by atoms with Crippen LogP contribution in [-0.2, 0) is 0 Å². The van der Waals surface area contributed by atoms with Gasteiger partial charge in [0.25, 0.3) is 5.91 Å². The number of halogens is 7. The van der Waals surface area contributed by atoms with Crippen molar-refractivity contribution in [3.8, 4) is 0 Å².